The van der Waals surface area contributed by atoms with Crippen molar-refractivity contribution in [3.05, 3.63) is 45.3 Å². The molecule has 1 N–H and O–H groups in total. The van der Waals surface area contributed by atoms with Crippen LogP contribution in [0.15, 0.2) is 45.3 Å². The molecule has 0 saturated carbocycles. The minimum atomic E-state index is 0.230. The van der Waals surface area contributed by atoms with Crippen molar-refractivity contribution >= 4 is 53.4 Å². The van der Waals surface area contributed by atoms with Crippen molar-refractivity contribution in [2.45, 2.75) is 0 Å². The maximum atomic E-state index is 9.70. The van der Waals surface area contributed by atoms with Gasteiger partial charge in [0.25, 0.3) is 0 Å². The fraction of sp³-hybridized carbons (Fsp3) is 0. The molecule has 1 heterocycles. The van der Waals surface area contributed by atoms with Crippen LogP contribution in [-0.4, -0.2) is 10.1 Å². The normalized spacial score (nSPS) is 11.0. The molecule has 5 heteroatoms. The highest BCUT2D eigenvalue weighted by Gasteiger charge is 2.08. The quantitative estimate of drug-likeness (QED) is 0.625. The lowest BCUT2D eigenvalue weighted by atomic mass is 10.2. The topological polar surface area (TPSA) is 33.1 Å². The van der Waals surface area contributed by atoms with Crippen LogP contribution in [0.4, 0.5) is 0 Å². The summed E-state index contributed by atoms with van der Waals surface area (Å²) in [5.74, 6) is 0.230. The van der Waals surface area contributed by atoms with Gasteiger partial charge in [0, 0.05) is 10.0 Å². The fourth-order valence-electron chi connectivity index (χ4n) is 1.67. The first-order valence-electron chi connectivity index (χ1n) is 5.18. The predicted molar refractivity (Wildman–Crippen MR) is 82.1 cm³/mol. The summed E-state index contributed by atoms with van der Waals surface area (Å²) in [6.45, 7) is 0. The van der Waals surface area contributed by atoms with Gasteiger partial charge < -0.3 is 5.11 Å². The smallest absolute Gasteiger partial charge is 0.130 e. The lowest BCUT2D eigenvalue weighted by Gasteiger charge is -1.99. The van der Waals surface area contributed by atoms with Gasteiger partial charge in [-0.2, -0.15) is 0 Å². The summed E-state index contributed by atoms with van der Waals surface area (Å²) >= 11 is 8.34. The van der Waals surface area contributed by atoms with E-state index in [0.717, 1.165) is 25.3 Å². The van der Waals surface area contributed by atoms with Crippen molar-refractivity contribution in [2.24, 2.45) is 0 Å². The van der Waals surface area contributed by atoms with Crippen LogP contribution in [0.2, 0.25) is 0 Å². The molecule has 1 aromatic heterocycles. The predicted octanol–water partition coefficient (Wildman–Crippen LogP) is 5.19. The van der Waals surface area contributed by atoms with Gasteiger partial charge in [-0.15, -0.1) is 11.3 Å². The van der Waals surface area contributed by atoms with E-state index in [-0.39, 0.29) is 5.75 Å². The Balaban J connectivity index is 2.16. The number of phenolic OH excluding ortho intramolecular Hbond substituents is 1. The second-order valence-corrected chi connectivity index (χ2v) is 6.60. The number of nitrogens with zero attached hydrogens (tertiary/aromatic N) is 1. The lowest BCUT2D eigenvalue weighted by Crippen LogP contribution is -1.76. The molecule has 0 unspecified atom stereocenters. The number of thiazole rings is 1. The molecule has 2 aromatic carbocycles. The Labute approximate surface area is 125 Å². The zero-order chi connectivity index (χ0) is 12.7. The Morgan fingerprint density at radius 1 is 1.06 bits per heavy atom. The summed E-state index contributed by atoms with van der Waals surface area (Å²) in [6, 6.07) is 11.5. The summed E-state index contributed by atoms with van der Waals surface area (Å²) in [5.41, 5.74) is 1.90. The molecule has 0 amide bonds. The molecule has 0 aliphatic rings. The van der Waals surface area contributed by atoms with E-state index in [1.54, 1.807) is 17.4 Å². The van der Waals surface area contributed by atoms with Gasteiger partial charge in [0.05, 0.1) is 14.7 Å². The van der Waals surface area contributed by atoms with Crippen molar-refractivity contribution in [1.29, 1.82) is 0 Å². The van der Waals surface area contributed by atoms with E-state index in [2.05, 4.69) is 42.9 Å². The highest BCUT2D eigenvalue weighted by atomic mass is 79.9. The van der Waals surface area contributed by atoms with Gasteiger partial charge in [0.1, 0.15) is 10.8 Å². The summed E-state index contributed by atoms with van der Waals surface area (Å²) < 4.78 is 2.86. The van der Waals surface area contributed by atoms with Gasteiger partial charge >= 0.3 is 0 Å². The molecule has 3 rings (SSSR count). The summed E-state index contributed by atoms with van der Waals surface area (Å²) in [7, 11) is 0. The number of phenols is 1. The highest BCUT2D eigenvalue weighted by molar-refractivity contribution is 9.10. The maximum Gasteiger partial charge on any atom is 0.130 e. The molecule has 3 aromatic rings. The van der Waals surface area contributed by atoms with Crippen LogP contribution in [0.1, 0.15) is 0 Å². The number of hydrogen-bond donors (Lipinski definition) is 1. The number of hydrogen-bond acceptors (Lipinski definition) is 3. The van der Waals surface area contributed by atoms with E-state index in [0.29, 0.717) is 4.47 Å². The van der Waals surface area contributed by atoms with Crippen LogP contribution in [0.3, 0.4) is 0 Å². The zero-order valence-electron chi connectivity index (χ0n) is 9.02. The van der Waals surface area contributed by atoms with E-state index in [1.165, 1.54) is 0 Å². The Hall–Kier alpha value is -0.910. The third kappa shape index (κ3) is 2.18. The summed E-state index contributed by atoms with van der Waals surface area (Å²) in [4.78, 5) is 4.57. The number of rotatable bonds is 1. The maximum absolute atomic E-state index is 9.70. The molecule has 0 bridgehead atoms. The zero-order valence-corrected chi connectivity index (χ0v) is 13.0. The molecule has 0 aliphatic carbocycles. The average molecular weight is 385 g/mol. The first-order valence-corrected chi connectivity index (χ1v) is 7.59. The molecule has 0 spiro atoms. The average Bonchev–Trinajstić information content (AvgIpc) is 2.75. The second kappa shape index (κ2) is 4.64. The number of halogens is 2. The van der Waals surface area contributed by atoms with Gasteiger partial charge in [0.2, 0.25) is 0 Å². The van der Waals surface area contributed by atoms with Gasteiger partial charge in [0.15, 0.2) is 0 Å². The number of aromatic hydroxyl groups is 1. The van der Waals surface area contributed by atoms with Crippen molar-refractivity contribution in [1.82, 2.24) is 4.98 Å². The van der Waals surface area contributed by atoms with Crippen LogP contribution in [0.5, 0.6) is 5.75 Å². The van der Waals surface area contributed by atoms with Crippen molar-refractivity contribution < 1.29 is 5.11 Å². The van der Waals surface area contributed by atoms with E-state index in [4.69, 9.17) is 0 Å². The third-order valence-corrected chi connectivity index (χ3v) is 4.77. The minimum absolute atomic E-state index is 0.230. The molecule has 2 nitrogen and oxygen atoms in total. The minimum Gasteiger partial charge on any atom is -0.507 e. The van der Waals surface area contributed by atoms with Crippen molar-refractivity contribution in [3.8, 4) is 16.3 Å². The van der Waals surface area contributed by atoms with Crippen LogP contribution in [0, 0.1) is 0 Å². The molecule has 0 saturated heterocycles. The Morgan fingerprint density at radius 2 is 1.89 bits per heavy atom. The number of aromatic nitrogens is 1. The van der Waals surface area contributed by atoms with E-state index in [9.17, 15) is 5.11 Å². The third-order valence-electron chi connectivity index (χ3n) is 2.54. The van der Waals surface area contributed by atoms with E-state index >= 15 is 0 Å². The summed E-state index contributed by atoms with van der Waals surface area (Å²) in [6.07, 6.45) is 0. The molecule has 0 fully saturated rings. The molecule has 90 valence electrons. The summed E-state index contributed by atoms with van der Waals surface area (Å²) in [5, 5.41) is 10.6. The fourth-order valence-corrected chi connectivity index (χ4v) is 3.43. The molecular formula is C13H7Br2NOS. The highest BCUT2D eigenvalue weighted by Crippen LogP contribution is 2.35. The Morgan fingerprint density at radius 3 is 2.67 bits per heavy atom. The number of benzene rings is 2. The van der Waals surface area contributed by atoms with Crippen LogP contribution in [0.25, 0.3) is 20.8 Å². The van der Waals surface area contributed by atoms with Gasteiger partial charge in [-0.25, -0.2) is 4.98 Å². The van der Waals surface area contributed by atoms with Gasteiger partial charge in [-0.05, 0) is 46.3 Å². The van der Waals surface area contributed by atoms with Crippen LogP contribution >= 0.6 is 43.2 Å². The first kappa shape index (κ1) is 12.1. The SMILES string of the molecule is Oc1cc(-c2nc3ccc(Br)cc3s2)ccc1Br. The monoisotopic (exact) mass is 383 g/mol. The first-order chi connectivity index (χ1) is 8.63. The molecule has 18 heavy (non-hydrogen) atoms. The van der Waals surface area contributed by atoms with Crippen LogP contribution in [-0.2, 0) is 0 Å². The van der Waals surface area contributed by atoms with E-state index in [1.807, 2.05) is 24.3 Å². The standard InChI is InChI=1S/C13H7Br2NOS/c14-8-2-4-10-12(6-8)18-13(16-10)7-1-3-9(15)11(17)5-7/h1-6,17H. The Kier molecular flexibility index (Phi) is 3.13. The largest absolute Gasteiger partial charge is 0.507 e. The van der Waals surface area contributed by atoms with E-state index < -0.39 is 0 Å². The molecule has 0 aliphatic heterocycles. The van der Waals surface area contributed by atoms with Crippen molar-refractivity contribution in [3.63, 3.8) is 0 Å². The molecular weight excluding hydrogens is 378 g/mol. The Bertz CT molecular complexity index is 739. The molecule has 0 atom stereocenters. The lowest BCUT2D eigenvalue weighted by molar-refractivity contribution is 0.472. The van der Waals surface area contributed by atoms with Crippen molar-refractivity contribution in [2.75, 3.05) is 0 Å². The van der Waals surface area contributed by atoms with Gasteiger partial charge in [-0.3, -0.25) is 0 Å². The van der Waals surface area contributed by atoms with Gasteiger partial charge in [-0.1, -0.05) is 22.0 Å². The number of fused-ring (bicyclic) bond motifs is 1. The molecule has 0 radical (unpaired) electrons. The van der Waals surface area contributed by atoms with Crippen LogP contribution < -0.4 is 0 Å². The second-order valence-electron chi connectivity index (χ2n) is 3.80.